The lowest BCUT2D eigenvalue weighted by atomic mass is 9.86. The van der Waals surface area contributed by atoms with Gasteiger partial charge in [0, 0.05) is 19.4 Å². The van der Waals surface area contributed by atoms with Gasteiger partial charge in [-0.2, -0.15) is 0 Å². The molecule has 0 aliphatic carbocycles. The van der Waals surface area contributed by atoms with Crippen LogP contribution in [0.25, 0.3) is 0 Å². The summed E-state index contributed by atoms with van der Waals surface area (Å²) in [6.45, 7) is 10.2. The van der Waals surface area contributed by atoms with Crippen molar-refractivity contribution in [3.05, 3.63) is 27.3 Å². The first-order valence-corrected chi connectivity index (χ1v) is 13.7. The molecule has 2 rings (SSSR count). The largest absolute Gasteiger partial charge is 0.507 e. The average molecular weight is 601 g/mol. The Labute approximate surface area is 223 Å². The van der Waals surface area contributed by atoms with Crippen LogP contribution in [0, 0.1) is 27.2 Å². The van der Waals surface area contributed by atoms with Crippen LogP contribution in [0.15, 0.2) is 18.2 Å². The van der Waals surface area contributed by atoms with E-state index < -0.39 is 12.0 Å². The molecule has 0 unspecified atom stereocenters. The number of cyclic esters (lactones) is 1. The summed E-state index contributed by atoms with van der Waals surface area (Å²) in [4.78, 5) is 40.4. The number of carbonyl (C=O) groups excluding carboxylic acids is 3. The van der Waals surface area contributed by atoms with Crippen LogP contribution in [0.2, 0.25) is 0 Å². The molecule has 1 aromatic rings. The number of phenolic OH excluding ortho intramolecular Hbond substituents is 1. The average Bonchev–Trinajstić information content (AvgIpc) is 2.78. The van der Waals surface area contributed by atoms with Crippen LogP contribution in [-0.2, 0) is 25.5 Å². The fraction of sp³-hybridized carbons (Fsp3) is 0.667. The summed E-state index contributed by atoms with van der Waals surface area (Å²) >= 11 is 2.03. The lowest BCUT2D eigenvalue weighted by Gasteiger charge is -2.31. The molecule has 0 saturated carbocycles. The molecule has 196 valence electrons. The molecule has 7 nitrogen and oxygen atoms in total. The number of halogens is 1. The van der Waals surface area contributed by atoms with Crippen molar-refractivity contribution >= 4 is 40.4 Å². The number of likely N-dealkylation sites (N-methyl/N-ethyl adjacent to an activating group) is 1. The van der Waals surface area contributed by atoms with E-state index >= 15 is 0 Å². The predicted molar refractivity (Wildman–Crippen MR) is 145 cm³/mol. The Balaban J connectivity index is 2.33. The van der Waals surface area contributed by atoms with Crippen molar-refractivity contribution in [2.75, 3.05) is 13.6 Å². The number of benzene rings is 1. The minimum absolute atomic E-state index is 0.148. The summed E-state index contributed by atoms with van der Waals surface area (Å²) in [7, 11) is 1.58. The summed E-state index contributed by atoms with van der Waals surface area (Å²) in [6.07, 6.45) is 3.47. The van der Waals surface area contributed by atoms with Gasteiger partial charge in [0.05, 0.1) is 10.1 Å². The fourth-order valence-electron chi connectivity index (χ4n) is 4.73. The van der Waals surface area contributed by atoms with Gasteiger partial charge in [0.1, 0.15) is 17.9 Å². The number of nitrogens with zero attached hydrogens (tertiary/aromatic N) is 1. The normalized spacial score (nSPS) is 28.1. The van der Waals surface area contributed by atoms with Gasteiger partial charge in [0.25, 0.3) is 0 Å². The van der Waals surface area contributed by atoms with Gasteiger partial charge in [-0.15, -0.1) is 0 Å². The minimum atomic E-state index is -0.844. The molecule has 1 aliphatic heterocycles. The van der Waals surface area contributed by atoms with Gasteiger partial charge in [0.2, 0.25) is 11.8 Å². The fourth-order valence-corrected chi connectivity index (χ4v) is 5.31. The van der Waals surface area contributed by atoms with Crippen molar-refractivity contribution in [1.82, 2.24) is 10.2 Å². The molecule has 2 N–H and O–H groups in total. The van der Waals surface area contributed by atoms with E-state index in [0.29, 0.717) is 15.4 Å². The highest BCUT2D eigenvalue weighted by Gasteiger charge is 2.32. The maximum atomic E-state index is 13.4. The van der Waals surface area contributed by atoms with Crippen LogP contribution < -0.4 is 5.32 Å². The number of ether oxygens (including phenoxy) is 1. The van der Waals surface area contributed by atoms with E-state index in [-0.39, 0.29) is 48.5 Å². The maximum absolute atomic E-state index is 13.4. The highest BCUT2D eigenvalue weighted by Crippen LogP contribution is 2.26. The molecule has 35 heavy (non-hydrogen) atoms. The zero-order valence-corrected chi connectivity index (χ0v) is 24.0. The van der Waals surface area contributed by atoms with E-state index in [1.807, 2.05) is 43.4 Å². The van der Waals surface area contributed by atoms with Crippen LogP contribution in [0.4, 0.5) is 0 Å². The maximum Gasteiger partial charge on any atom is 0.329 e. The third-order valence-electron chi connectivity index (χ3n) is 6.95. The Kier molecular flexibility index (Phi) is 11.3. The van der Waals surface area contributed by atoms with Crippen molar-refractivity contribution in [1.29, 1.82) is 0 Å². The van der Waals surface area contributed by atoms with Gasteiger partial charge in [-0.25, -0.2) is 4.79 Å². The van der Waals surface area contributed by atoms with E-state index in [1.54, 1.807) is 25.2 Å². The van der Waals surface area contributed by atoms with E-state index in [9.17, 15) is 19.5 Å². The first-order valence-electron chi connectivity index (χ1n) is 12.6. The Bertz CT molecular complexity index is 890. The van der Waals surface area contributed by atoms with Crippen LogP contribution in [0.5, 0.6) is 5.75 Å². The first-order chi connectivity index (χ1) is 16.4. The zero-order valence-electron chi connectivity index (χ0n) is 21.8. The summed E-state index contributed by atoms with van der Waals surface area (Å²) < 4.78 is 6.68. The summed E-state index contributed by atoms with van der Waals surface area (Å²) in [5, 5.41) is 12.6. The molecule has 2 amide bonds. The molecule has 1 heterocycles. The SMILES string of the molecule is CC(C)[C@@H]1CC[C@H](C)C[C@H](C)C[C@H](C)C(=O)NCC(=O)N(C)[C@H](Cc2ccc(O)c(I)c2)C(=O)O1. The van der Waals surface area contributed by atoms with Crippen molar-refractivity contribution < 1.29 is 24.2 Å². The monoisotopic (exact) mass is 600 g/mol. The number of nitrogens with one attached hydrogen (secondary N) is 1. The molecule has 0 aromatic heterocycles. The second-order valence-corrected chi connectivity index (χ2v) is 11.8. The highest BCUT2D eigenvalue weighted by atomic mass is 127. The van der Waals surface area contributed by atoms with Crippen molar-refractivity contribution in [2.24, 2.45) is 23.7 Å². The van der Waals surface area contributed by atoms with Crippen molar-refractivity contribution in [3.63, 3.8) is 0 Å². The van der Waals surface area contributed by atoms with Crippen molar-refractivity contribution in [2.45, 2.75) is 78.9 Å². The van der Waals surface area contributed by atoms with Crippen LogP contribution in [0.1, 0.15) is 65.9 Å². The van der Waals surface area contributed by atoms with Gasteiger partial charge in [-0.1, -0.05) is 40.7 Å². The summed E-state index contributed by atoms with van der Waals surface area (Å²) in [5.41, 5.74) is 0.810. The highest BCUT2D eigenvalue weighted by molar-refractivity contribution is 14.1. The van der Waals surface area contributed by atoms with E-state index in [1.165, 1.54) is 4.90 Å². The number of carbonyl (C=O) groups is 3. The lowest BCUT2D eigenvalue weighted by molar-refractivity contribution is -0.161. The minimum Gasteiger partial charge on any atom is -0.507 e. The van der Waals surface area contributed by atoms with E-state index in [4.69, 9.17) is 4.74 Å². The lowest BCUT2D eigenvalue weighted by Crippen LogP contribution is -2.49. The second-order valence-electron chi connectivity index (χ2n) is 10.6. The Hall–Kier alpha value is -1.84. The molecular formula is C27H41IN2O5. The standard InChI is InChI=1S/C27H41IN2O5/c1-16(2)24-10-7-17(3)11-18(4)12-19(5)26(33)29-15-25(32)30(6)22(27(34)35-24)14-20-8-9-23(31)21(28)13-20/h8-9,13,16-19,22,24,31H,7,10-12,14-15H2,1-6H3,(H,29,33)/t17-,18-,19-,22+,24-/m0/s1. The Morgan fingerprint density at radius 3 is 2.43 bits per heavy atom. The number of phenols is 1. The van der Waals surface area contributed by atoms with Gasteiger partial charge in [0.15, 0.2) is 0 Å². The predicted octanol–water partition coefficient (Wildman–Crippen LogP) is 4.53. The third kappa shape index (κ3) is 8.95. The molecule has 0 radical (unpaired) electrons. The molecule has 0 bridgehead atoms. The molecule has 1 saturated heterocycles. The molecular weight excluding hydrogens is 559 g/mol. The molecule has 1 aliphatic rings. The van der Waals surface area contributed by atoms with Gasteiger partial charge < -0.3 is 20.1 Å². The van der Waals surface area contributed by atoms with Gasteiger partial charge in [-0.3, -0.25) is 9.59 Å². The number of aromatic hydroxyl groups is 1. The first kappa shape index (κ1) is 29.4. The van der Waals surface area contributed by atoms with E-state index in [0.717, 1.165) is 31.2 Å². The Morgan fingerprint density at radius 2 is 1.80 bits per heavy atom. The summed E-state index contributed by atoms with van der Waals surface area (Å²) in [5.74, 6) is 0.0162. The summed E-state index contributed by atoms with van der Waals surface area (Å²) in [6, 6.07) is 4.28. The number of hydrogen-bond donors (Lipinski definition) is 2. The van der Waals surface area contributed by atoms with Crippen LogP contribution in [0.3, 0.4) is 0 Å². The molecule has 1 fully saturated rings. The number of rotatable bonds is 3. The number of esters is 1. The Morgan fingerprint density at radius 1 is 1.11 bits per heavy atom. The quantitative estimate of drug-likeness (QED) is 0.393. The van der Waals surface area contributed by atoms with Crippen LogP contribution >= 0.6 is 22.6 Å². The smallest absolute Gasteiger partial charge is 0.329 e. The molecule has 0 spiro atoms. The molecule has 1 aromatic carbocycles. The number of amides is 2. The molecule has 8 heteroatoms. The zero-order chi connectivity index (χ0) is 26.3. The van der Waals surface area contributed by atoms with E-state index in [2.05, 4.69) is 19.2 Å². The number of hydrogen-bond acceptors (Lipinski definition) is 5. The topological polar surface area (TPSA) is 95.9 Å². The van der Waals surface area contributed by atoms with Gasteiger partial charge in [-0.05, 0) is 83.7 Å². The van der Waals surface area contributed by atoms with Crippen molar-refractivity contribution in [3.8, 4) is 5.75 Å². The van der Waals surface area contributed by atoms with Gasteiger partial charge >= 0.3 is 5.97 Å². The molecule has 5 atom stereocenters. The third-order valence-corrected chi connectivity index (χ3v) is 7.82. The van der Waals surface area contributed by atoms with Crippen LogP contribution in [-0.4, -0.2) is 53.5 Å². The second kappa shape index (κ2) is 13.5.